The van der Waals surface area contributed by atoms with Crippen molar-refractivity contribution in [1.82, 2.24) is 20.4 Å². The van der Waals surface area contributed by atoms with E-state index in [0.29, 0.717) is 34.6 Å². The van der Waals surface area contributed by atoms with Gasteiger partial charge >= 0.3 is 0 Å². The Balaban J connectivity index is 1.56. The maximum atomic E-state index is 11.8. The van der Waals surface area contributed by atoms with Gasteiger partial charge in [0.2, 0.25) is 22.1 Å². The van der Waals surface area contributed by atoms with Crippen molar-refractivity contribution in [3.05, 3.63) is 10.0 Å². The Bertz CT molecular complexity index is 644. The van der Waals surface area contributed by atoms with E-state index in [1.165, 1.54) is 22.7 Å². The third-order valence-electron chi connectivity index (χ3n) is 2.98. The highest BCUT2D eigenvalue weighted by molar-refractivity contribution is 7.99. The summed E-state index contributed by atoms with van der Waals surface area (Å²) in [5.74, 6) is 1.13. The molecule has 0 spiro atoms. The molecule has 8 nitrogen and oxygen atoms in total. The Hall–Kier alpha value is -1.59. The Labute approximate surface area is 158 Å². The molecule has 2 rings (SSSR count). The van der Waals surface area contributed by atoms with E-state index in [0.717, 1.165) is 22.9 Å². The van der Waals surface area contributed by atoms with Gasteiger partial charge in [0.25, 0.3) is 0 Å². The minimum absolute atomic E-state index is 0.0864. The van der Waals surface area contributed by atoms with E-state index < -0.39 is 0 Å². The van der Waals surface area contributed by atoms with Crippen LogP contribution in [0, 0.1) is 0 Å². The number of aryl methyl sites for hydroxylation is 2. The predicted molar refractivity (Wildman–Crippen MR) is 102 cm³/mol. The highest BCUT2D eigenvalue weighted by Gasteiger charge is 2.09. The average molecular weight is 401 g/mol. The molecule has 136 valence electrons. The number of anilines is 2. The fourth-order valence-electron chi connectivity index (χ4n) is 1.69. The molecule has 0 atom stereocenters. The van der Waals surface area contributed by atoms with Gasteiger partial charge in [0.1, 0.15) is 10.0 Å². The summed E-state index contributed by atoms with van der Waals surface area (Å²) in [6.07, 6.45) is 2.37. The van der Waals surface area contributed by atoms with E-state index >= 15 is 0 Å². The van der Waals surface area contributed by atoms with Crippen molar-refractivity contribution in [2.45, 2.75) is 39.5 Å². The van der Waals surface area contributed by atoms with Crippen LogP contribution in [0.5, 0.6) is 0 Å². The maximum absolute atomic E-state index is 11.8. The molecular weight excluding hydrogens is 380 g/mol. The summed E-state index contributed by atoms with van der Waals surface area (Å²) in [5.41, 5.74) is 0. The van der Waals surface area contributed by atoms with Gasteiger partial charge in [-0.3, -0.25) is 9.59 Å². The van der Waals surface area contributed by atoms with Crippen LogP contribution in [0.2, 0.25) is 0 Å². The lowest BCUT2D eigenvalue weighted by Gasteiger charge is -2.02. The van der Waals surface area contributed by atoms with E-state index in [-0.39, 0.29) is 11.8 Å². The van der Waals surface area contributed by atoms with Crippen molar-refractivity contribution in [2.24, 2.45) is 0 Å². The molecule has 0 aliphatic carbocycles. The molecule has 2 N–H and O–H groups in total. The highest BCUT2D eigenvalue weighted by atomic mass is 32.2. The lowest BCUT2D eigenvalue weighted by Crippen LogP contribution is -2.13. The number of aromatic nitrogens is 4. The van der Waals surface area contributed by atoms with Crippen LogP contribution < -0.4 is 10.6 Å². The number of nitrogens with zero attached hydrogens (tertiary/aromatic N) is 4. The predicted octanol–water partition coefficient (Wildman–Crippen LogP) is 2.61. The number of carbonyl (C=O) groups is 2. The quantitative estimate of drug-likeness (QED) is 0.590. The summed E-state index contributed by atoms with van der Waals surface area (Å²) < 4.78 is 0. The van der Waals surface area contributed by atoms with Gasteiger partial charge in [-0.25, -0.2) is 0 Å². The third kappa shape index (κ3) is 7.04. The number of nitrogens with one attached hydrogen (secondary N) is 2. The molecule has 0 aromatic carbocycles. The summed E-state index contributed by atoms with van der Waals surface area (Å²) in [5, 5.41) is 24.1. The fraction of sp³-hybridized carbons (Fsp3) is 0.571. The van der Waals surface area contributed by atoms with Crippen LogP contribution in [-0.2, 0) is 22.4 Å². The van der Waals surface area contributed by atoms with Gasteiger partial charge < -0.3 is 10.6 Å². The van der Waals surface area contributed by atoms with Gasteiger partial charge in [-0.2, -0.15) is 11.8 Å². The van der Waals surface area contributed by atoms with Gasteiger partial charge in [-0.15, -0.1) is 20.4 Å². The molecule has 0 bridgehead atoms. The Morgan fingerprint density at radius 1 is 0.840 bits per heavy atom. The van der Waals surface area contributed by atoms with E-state index in [1.54, 1.807) is 11.8 Å². The SMILES string of the molecule is CCc1nnc(NC(=O)CCSCCC(=O)Nc2nnc(CC)s2)s1. The van der Waals surface area contributed by atoms with Crippen molar-refractivity contribution in [1.29, 1.82) is 0 Å². The number of rotatable bonds is 10. The number of amides is 2. The molecule has 2 aromatic heterocycles. The number of hydrogen-bond donors (Lipinski definition) is 2. The van der Waals surface area contributed by atoms with Gasteiger partial charge in [0.15, 0.2) is 0 Å². The highest BCUT2D eigenvalue weighted by Crippen LogP contribution is 2.17. The lowest BCUT2D eigenvalue weighted by molar-refractivity contribution is -0.116. The van der Waals surface area contributed by atoms with E-state index in [9.17, 15) is 9.59 Å². The van der Waals surface area contributed by atoms with E-state index in [4.69, 9.17) is 0 Å². The second-order valence-electron chi connectivity index (χ2n) is 4.92. The molecule has 11 heteroatoms. The molecule has 0 saturated heterocycles. The monoisotopic (exact) mass is 400 g/mol. The van der Waals surface area contributed by atoms with Crippen LogP contribution in [0.15, 0.2) is 0 Å². The maximum Gasteiger partial charge on any atom is 0.227 e. The molecule has 0 aliphatic rings. The first-order chi connectivity index (χ1) is 12.1. The van der Waals surface area contributed by atoms with Crippen molar-refractivity contribution < 1.29 is 9.59 Å². The summed E-state index contributed by atoms with van der Waals surface area (Å²) in [6, 6.07) is 0. The molecule has 0 unspecified atom stereocenters. The van der Waals surface area contributed by atoms with E-state index in [1.807, 2.05) is 13.8 Å². The molecule has 0 radical (unpaired) electrons. The summed E-state index contributed by atoms with van der Waals surface area (Å²) in [4.78, 5) is 23.6. The zero-order valence-corrected chi connectivity index (χ0v) is 16.5. The fourth-order valence-corrected chi connectivity index (χ4v) is 3.94. The molecule has 0 fully saturated rings. The molecular formula is C14H20N6O2S3. The minimum atomic E-state index is -0.0864. The number of carbonyl (C=O) groups excluding carboxylic acids is 2. The zero-order valence-electron chi connectivity index (χ0n) is 14.1. The molecule has 2 amide bonds. The van der Waals surface area contributed by atoms with Crippen molar-refractivity contribution >= 4 is 56.5 Å². The second kappa shape index (κ2) is 10.4. The molecule has 2 heterocycles. The topological polar surface area (TPSA) is 110 Å². The van der Waals surface area contributed by atoms with Crippen LogP contribution in [-0.4, -0.2) is 43.7 Å². The number of hydrogen-bond acceptors (Lipinski definition) is 9. The largest absolute Gasteiger partial charge is 0.301 e. The first-order valence-corrected chi connectivity index (χ1v) is 10.7. The molecule has 25 heavy (non-hydrogen) atoms. The van der Waals surface area contributed by atoms with E-state index in [2.05, 4.69) is 31.0 Å². The third-order valence-corrected chi connectivity index (χ3v) is 5.93. The van der Waals surface area contributed by atoms with Crippen LogP contribution in [0.4, 0.5) is 10.3 Å². The Kier molecular flexibility index (Phi) is 8.22. The zero-order chi connectivity index (χ0) is 18.1. The standard InChI is InChI=1S/C14H20N6O2S3/c1-3-11-17-19-13(24-11)15-9(21)5-7-23-8-6-10(22)16-14-20-18-12(4-2)25-14/h3-8H2,1-2H3,(H,15,19,21)(H,16,20,22). The van der Waals surface area contributed by atoms with Crippen LogP contribution in [0.1, 0.15) is 36.7 Å². The molecule has 0 aliphatic heterocycles. The summed E-state index contributed by atoms with van der Waals surface area (Å²) in [7, 11) is 0. The van der Waals surface area contributed by atoms with Crippen LogP contribution in [0.25, 0.3) is 0 Å². The first kappa shape index (κ1) is 19.7. The van der Waals surface area contributed by atoms with Crippen molar-refractivity contribution in [3.63, 3.8) is 0 Å². The minimum Gasteiger partial charge on any atom is -0.301 e. The average Bonchev–Trinajstić information content (AvgIpc) is 3.23. The van der Waals surface area contributed by atoms with Crippen molar-refractivity contribution in [2.75, 3.05) is 22.1 Å². The molecule has 2 aromatic rings. The van der Waals surface area contributed by atoms with Gasteiger partial charge in [-0.05, 0) is 12.8 Å². The summed E-state index contributed by atoms with van der Waals surface area (Å²) >= 11 is 4.34. The second-order valence-corrected chi connectivity index (χ2v) is 8.27. The summed E-state index contributed by atoms with van der Waals surface area (Å²) in [6.45, 7) is 3.99. The van der Waals surface area contributed by atoms with Gasteiger partial charge in [0.05, 0.1) is 0 Å². The van der Waals surface area contributed by atoms with Crippen LogP contribution >= 0.6 is 34.4 Å². The first-order valence-electron chi connectivity index (χ1n) is 7.92. The number of thioether (sulfide) groups is 1. The Morgan fingerprint density at radius 2 is 1.28 bits per heavy atom. The normalized spacial score (nSPS) is 10.6. The lowest BCUT2D eigenvalue weighted by atomic mass is 10.4. The molecule has 0 saturated carbocycles. The van der Waals surface area contributed by atoms with Crippen LogP contribution in [0.3, 0.4) is 0 Å². The smallest absolute Gasteiger partial charge is 0.227 e. The van der Waals surface area contributed by atoms with Crippen molar-refractivity contribution in [3.8, 4) is 0 Å². The van der Waals surface area contributed by atoms with Gasteiger partial charge in [0, 0.05) is 24.3 Å². The Morgan fingerprint density at radius 3 is 1.64 bits per heavy atom. The van der Waals surface area contributed by atoms with Gasteiger partial charge in [-0.1, -0.05) is 36.5 Å².